The first-order valence-electron chi connectivity index (χ1n) is 5.41. The van der Waals surface area contributed by atoms with Gasteiger partial charge in [-0.2, -0.15) is 0 Å². The summed E-state index contributed by atoms with van der Waals surface area (Å²) in [6.07, 6.45) is 0.0725. The van der Waals surface area contributed by atoms with Crippen LogP contribution in [0.15, 0.2) is 12.1 Å². The molecule has 2 atom stereocenters. The minimum absolute atomic E-state index is 0.0817. The van der Waals surface area contributed by atoms with Gasteiger partial charge in [-0.1, -0.05) is 13.8 Å². The number of hydrogen-bond acceptors (Lipinski definition) is 2. The monoisotopic (exact) mass is 245 g/mol. The van der Waals surface area contributed by atoms with Crippen molar-refractivity contribution in [2.45, 2.75) is 32.4 Å². The highest BCUT2D eigenvalue weighted by molar-refractivity contribution is 5.46. The molecule has 1 fully saturated rings. The smallest absolute Gasteiger partial charge is 0.194 e. The highest BCUT2D eigenvalue weighted by Gasteiger charge is 2.47. The second kappa shape index (κ2) is 3.91. The molecule has 17 heavy (non-hydrogen) atoms. The predicted molar refractivity (Wildman–Crippen MR) is 58.1 cm³/mol. The fraction of sp³-hybridized carbons (Fsp3) is 0.500. The summed E-state index contributed by atoms with van der Waals surface area (Å²) in [7, 11) is 0. The van der Waals surface area contributed by atoms with E-state index in [1.54, 1.807) is 0 Å². The Balaban J connectivity index is 2.16. The van der Waals surface area contributed by atoms with Gasteiger partial charge in [-0.05, 0) is 6.42 Å². The van der Waals surface area contributed by atoms with Crippen molar-refractivity contribution in [3.05, 3.63) is 29.6 Å². The molecule has 0 spiro atoms. The first-order chi connectivity index (χ1) is 7.82. The van der Waals surface area contributed by atoms with E-state index in [1.165, 1.54) is 0 Å². The fourth-order valence-corrected chi connectivity index (χ4v) is 1.99. The van der Waals surface area contributed by atoms with Crippen LogP contribution in [0.3, 0.4) is 0 Å². The van der Waals surface area contributed by atoms with Crippen molar-refractivity contribution in [3.8, 4) is 0 Å². The minimum atomic E-state index is -1.47. The van der Waals surface area contributed by atoms with Gasteiger partial charge in [0.1, 0.15) is 0 Å². The van der Waals surface area contributed by atoms with Crippen LogP contribution in [0, 0.1) is 22.9 Å². The van der Waals surface area contributed by atoms with Gasteiger partial charge in [0.25, 0.3) is 0 Å². The number of hydrogen-bond donors (Lipinski definition) is 2. The molecule has 1 aromatic carbocycles. The van der Waals surface area contributed by atoms with Crippen LogP contribution in [0.4, 0.5) is 18.9 Å². The second-order valence-electron chi connectivity index (χ2n) is 5.02. The van der Waals surface area contributed by atoms with E-state index in [2.05, 4.69) is 5.32 Å². The molecule has 0 radical (unpaired) electrons. The first kappa shape index (κ1) is 12.2. The van der Waals surface area contributed by atoms with Crippen molar-refractivity contribution >= 4 is 5.69 Å². The lowest BCUT2D eigenvalue weighted by atomic mass is 9.64. The van der Waals surface area contributed by atoms with Crippen molar-refractivity contribution in [2.75, 3.05) is 5.32 Å². The van der Waals surface area contributed by atoms with Gasteiger partial charge < -0.3 is 10.4 Å². The van der Waals surface area contributed by atoms with Crippen LogP contribution in [0.1, 0.15) is 20.3 Å². The zero-order valence-corrected chi connectivity index (χ0v) is 9.60. The summed E-state index contributed by atoms with van der Waals surface area (Å²) < 4.78 is 38.7. The molecule has 2 N–H and O–H groups in total. The Morgan fingerprint density at radius 1 is 1.24 bits per heavy atom. The summed E-state index contributed by atoms with van der Waals surface area (Å²) in [4.78, 5) is 0. The van der Waals surface area contributed by atoms with Crippen LogP contribution in [-0.4, -0.2) is 17.3 Å². The summed E-state index contributed by atoms with van der Waals surface area (Å²) in [5, 5.41) is 12.4. The number of aliphatic hydroxyl groups is 1. The van der Waals surface area contributed by atoms with Crippen molar-refractivity contribution in [2.24, 2.45) is 5.41 Å². The summed E-state index contributed by atoms with van der Waals surface area (Å²) in [6, 6.07) is 1.75. The summed E-state index contributed by atoms with van der Waals surface area (Å²) in [5.74, 6) is -3.90. The van der Waals surface area contributed by atoms with Crippen molar-refractivity contribution in [1.29, 1.82) is 0 Å². The van der Waals surface area contributed by atoms with Gasteiger partial charge in [0.05, 0.1) is 6.10 Å². The average molecular weight is 245 g/mol. The van der Waals surface area contributed by atoms with Gasteiger partial charge in [0, 0.05) is 29.3 Å². The highest BCUT2D eigenvalue weighted by atomic mass is 19.2. The maximum Gasteiger partial charge on any atom is 0.194 e. The van der Waals surface area contributed by atoms with Crippen molar-refractivity contribution in [1.82, 2.24) is 0 Å². The Morgan fingerprint density at radius 2 is 1.76 bits per heavy atom. The maximum absolute atomic E-state index is 13.0. The van der Waals surface area contributed by atoms with Crippen LogP contribution >= 0.6 is 0 Å². The standard InChI is InChI=1S/C12H14F3NO/c1-12(2)9(5-10(12)17)16-6-3-7(13)11(15)8(14)4-6/h3-4,9-10,16-17H,5H2,1-2H3. The van der Waals surface area contributed by atoms with Gasteiger partial charge in [0.15, 0.2) is 17.5 Å². The van der Waals surface area contributed by atoms with Crippen molar-refractivity contribution < 1.29 is 18.3 Å². The zero-order valence-electron chi connectivity index (χ0n) is 9.60. The van der Waals surface area contributed by atoms with E-state index in [9.17, 15) is 18.3 Å². The van der Waals surface area contributed by atoms with Crippen LogP contribution in [0.25, 0.3) is 0 Å². The molecule has 0 aromatic heterocycles. The molecular weight excluding hydrogens is 231 g/mol. The Bertz CT molecular complexity index is 424. The lowest BCUT2D eigenvalue weighted by Crippen LogP contribution is -2.56. The molecule has 0 bridgehead atoms. The highest BCUT2D eigenvalue weighted by Crippen LogP contribution is 2.42. The van der Waals surface area contributed by atoms with Gasteiger partial charge in [-0.25, -0.2) is 13.2 Å². The van der Waals surface area contributed by atoms with Crippen LogP contribution in [-0.2, 0) is 0 Å². The van der Waals surface area contributed by atoms with Crippen LogP contribution < -0.4 is 5.32 Å². The quantitative estimate of drug-likeness (QED) is 0.785. The lowest BCUT2D eigenvalue weighted by Gasteiger charge is -2.49. The largest absolute Gasteiger partial charge is 0.392 e. The SMILES string of the molecule is CC1(C)C(O)CC1Nc1cc(F)c(F)c(F)c1. The summed E-state index contributed by atoms with van der Waals surface area (Å²) in [5.41, 5.74) is -0.173. The molecule has 0 aliphatic heterocycles. The van der Waals surface area contributed by atoms with Crippen LogP contribution in [0.5, 0.6) is 0 Å². The first-order valence-corrected chi connectivity index (χ1v) is 5.41. The van der Waals surface area contributed by atoms with Gasteiger partial charge >= 0.3 is 0 Å². The van der Waals surface area contributed by atoms with E-state index in [4.69, 9.17) is 0 Å². The molecule has 1 aliphatic rings. The Labute approximate surface area is 97.5 Å². The molecular formula is C12H14F3NO. The third-order valence-electron chi connectivity index (χ3n) is 3.54. The number of aliphatic hydroxyl groups excluding tert-OH is 1. The Kier molecular flexibility index (Phi) is 2.81. The zero-order chi connectivity index (χ0) is 12.8. The minimum Gasteiger partial charge on any atom is -0.392 e. The number of halogens is 3. The molecule has 2 nitrogen and oxygen atoms in total. The number of benzene rings is 1. The van der Waals surface area contributed by atoms with Gasteiger partial charge in [-0.3, -0.25) is 0 Å². The average Bonchev–Trinajstić information content (AvgIpc) is 2.25. The molecule has 2 unspecified atom stereocenters. The molecule has 1 saturated carbocycles. The molecule has 0 heterocycles. The Hall–Kier alpha value is -1.23. The van der Waals surface area contributed by atoms with E-state index >= 15 is 0 Å². The molecule has 1 aliphatic carbocycles. The van der Waals surface area contributed by atoms with E-state index in [1.807, 2.05) is 13.8 Å². The predicted octanol–water partition coefficient (Wildman–Crippen LogP) is 2.68. The summed E-state index contributed by atoms with van der Waals surface area (Å²) >= 11 is 0. The van der Waals surface area contributed by atoms with Gasteiger partial charge in [0.2, 0.25) is 0 Å². The van der Waals surface area contributed by atoms with Crippen molar-refractivity contribution in [3.63, 3.8) is 0 Å². The number of nitrogens with one attached hydrogen (secondary N) is 1. The normalized spacial score (nSPS) is 26.5. The van der Waals surface area contributed by atoms with E-state index in [-0.39, 0.29) is 17.1 Å². The maximum atomic E-state index is 13.0. The van der Waals surface area contributed by atoms with E-state index in [0.717, 1.165) is 12.1 Å². The molecule has 0 amide bonds. The third kappa shape index (κ3) is 1.99. The number of rotatable bonds is 2. The second-order valence-corrected chi connectivity index (χ2v) is 5.02. The van der Waals surface area contributed by atoms with E-state index in [0.29, 0.717) is 6.42 Å². The topological polar surface area (TPSA) is 32.3 Å². The third-order valence-corrected chi connectivity index (χ3v) is 3.54. The fourth-order valence-electron chi connectivity index (χ4n) is 1.99. The molecule has 0 saturated heterocycles. The number of anilines is 1. The molecule has 2 rings (SSSR count). The lowest BCUT2D eigenvalue weighted by molar-refractivity contribution is -0.0510. The van der Waals surface area contributed by atoms with Crippen LogP contribution in [0.2, 0.25) is 0 Å². The Morgan fingerprint density at radius 3 is 2.18 bits per heavy atom. The van der Waals surface area contributed by atoms with E-state index < -0.39 is 23.6 Å². The molecule has 94 valence electrons. The molecule has 1 aromatic rings. The van der Waals surface area contributed by atoms with Gasteiger partial charge in [-0.15, -0.1) is 0 Å². The molecule has 5 heteroatoms. The summed E-state index contributed by atoms with van der Waals surface area (Å²) in [6.45, 7) is 3.71.